The molecule has 0 saturated heterocycles. The zero-order valence-corrected chi connectivity index (χ0v) is 12.5. The van der Waals surface area contributed by atoms with E-state index in [1.54, 1.807) is 19.0 Å². The number of nitro benzene ring substituents is 1. The maximum absolute atomic E-state index is 13.5. The number of hydrogen-bond donors (Lipinski definition) is 1. The van der Waals surface area contributed by atoms with Gasteiger partial charge in [0.15, 0.2) is 18.7 Å². The number of non-ortho nitro benzene ring substituents is 1. The number of rotatable bonds is 4. The molecule has 1 heterocycles. The normalized spacial score (nSPS) is 16.9. The number of alkyl halides is 2. The Morgan fingerprint density at radius 2 is 2.13 bits per heavy atom. The van der Waals surface area contributed by atoms with Crippen molar-refractivity contribution in [2.75, 3.05) is 32.1 Å². The number of allylic oxidation sites excluding steroid dienone is 1. The van der Waals surface area contributed by atoms with E-state index in [0.29, 0.717) is 12.0 Å². The lowest BCUT2D eigenvalue weighted by molar-refractivity contribution is -0.384. The number of ether oxygens (including phenoxy) is 1. The van der Waals surface area contributed by atoms with Crippen LogP contribution >= 0.6 is 0 Å². The lowest BCUT2D eigenvalue weighted by Crippen LogP contribution is -2.33. The number of halogens is 2. The van der Waals surface area contributed by atoms with Gasteiger partial charge < -0.3 is 15.0 Å². The maximum atomic E-state index is 13.5. The van der Waals surface area contributed by atoms with Crippen molar-refractivity contribution in [1.82, 2.24) is 5.32 Å². The number of nitrogens with one attached hydrogen (secondary N) is 1. The molecule has 0 spiro atoms. The third-order valence-electron chi connectivity index (χ3n) is 3.26. The minimum absolute atomic E-state index is 0.00424. The third-order valence-corrected chi connectivity index (χ3v) is 3.26. The molecule has 0 atom stereocenters. The lowest BCUT2D eigenvalue weighted by Gasteiger charge is -2.20. The molecule has 0 amide bonds. The van der Waals surface area contributed by atoms with Crippen LogP contribution in [0.3, 0.4) is 0 Å². The number of aldehydes is 1. The summed E-state index contributed by atoms with van der Waals surface area (Å²) in [5.74, 6) is -3.47. The third kappa shape index (κ3) is 3.55. The molecular weight excluding hydrogens is 312 g/mol. The second-order valence-corrected chi connectivity index (χ2v) is 5.21. The van der Waals surface area contributed by atoms with Crippen LogP contribution in [-0.2, 0) is 9.53 Å². The molecule has 0 fully saturated rings. The highest BCUT2D eigenvalue weighted by Crippen LogP contribution is 2.32. The van der Waals surface area contributed by atoms with Crippen LogP contribution in [0.25, 0.3) is 5.70 Å². The molecule has 0 radical (unpaired) electrons. The van der Waals surface area contributed by atoms with E-state index in [2.05, 4.69) is 5.32 Å². The Morgan fingerprint density at radius 1 is 1.43 bits per heavy atom. The van der Waals surface area contributed by atoms with Crippen molar-refractivity contribution < 1.29 is 23.2 Å². The van der Waals surface area contributed by atoms with Crippen LogP contribution < -0.4 is 10.2 Å². The summed E-state index contributed by atoms with van der Waals surface area (Å²) in [5, 5.41) is 13.4. The van der Waals surface area contributed by atoms with Crippen molar-refractivity contribution in [2.45, 2.75) is 5.92 Å². The molecule has 124 valence electrons. The second kappa shape index (κ2) is 6.19. The summed E-state index contributed by atoms with van der Waals surface area (Å²) in [6.45, 7) is -1.68. The summed E-state index contributed by atoms with van der Waals surface area (Å²) >= 11 is 0. The lowest BCUT2D eigenvalue weighted by atomic mass is 10.1. The molecule has 0 saturated carbocycles. The van der Waals surface area contributed by atoms with Gasteiger partial charge in [-0.05, 0) is 6.07 Å². The molecule has 1 aliphatic heterocycles. The van der Waals surface area contributed by atoms with Gasteiger partial charge in [0.25, 0.3) is 11.6 Å². The first kappa shape index (κ1) is 16.7. The predicted octanol–water partition coefficient (Wildman–Crippen LogP) is 1.78. The van der Waals surface area contributed by atoms with Crippen LogP contribution in [0.5, 0.6) is 0 Å². The Bertz CT molecular complexity index is 674. The standard InChI is InChI=1S/C14H15F2N3O4/c1-18(2)11-4-3-9(19(21)22)5-10(11)13-12(6-20)23-8-14(15,16)7-17-13/h3-6,17H,7-8H2,1-2H3. The summed E-state index contributed by atoms with van der Waals surface area (Å²) in [5.41, 5.74) is 0.543. The summed E-state index contributed by atoms with van der Waals surface area (Å²) in [6.07, 6.45) is 0.308. The fraction of sp³-hybridized carbons (Fsp3) is 0.357. The molecule has 2 rings (SSSR count). The fourth-order valence-electron chi connectivity index (χ4n) is 2.16. The van der Waals surface area contributed by atoms with E-state index in [1.165, 1.54) is 18.2 Å². The van der Waals surface area contributed by atoms with Crippen molar-refractivity contribution >= 4 is 23.4 Å². The highest BCUT2D eigenvalue weighted by atomic mass is 19.3. The van der Waals surface area contributed by atoms with Gasteiger partial charge in [0.2, 0.25) is 0 Å². The molecule has 7 nitrogen and oxygen atoms in total. The van der Waals surface area contributed by atoms with Gasteiger partial charge in [-0.25, -0.2) is 8.78 Å². The van der Waals surface area contributed by atoms with Crippen molar-refractivity contribution in [1.29, 1.82) is 0 Å². The first-order valence-corrected chi connectivity index (χ1v) is 6.65. The van der Waals surface area contributed by atoms with E-state index in [4.69, 9.17) is 4.74 Å². The van der Waals surface area contributed by atoms with Gasteiger partial charge in [0, 0.05) is 37.5 Å². The van der Waals surface area contributed by atoms with Gasteiger partial charge >= 0.3 is 0 Å². The Hall–Kier alpha value is -2.71. The number of benzene rings is 1. The van der Waals surface area contributed by atoms with E-state index < -0.39 is 24.0 Å². The summed E-state index contributed by atoms with van der Waals surface area (Å²) in [4.78, 5) is 23.2. The van der Waals surface area contributed by atoms with Gasteiger partial charge in [-0.2, -0.15) is 0 Å². The Labute approximate surface area is 130 Å². The van der Waals surface area contributed by atoms with Crippen molar-refractivity contribution in [3.8, 4) is 0 Å². The van der Waals surface area contributed by atoms with E-state index in [9.17, 15) is 23.7 Å². The highest BCUT2D eigenvalue weighted by molar-refractivity contribution is 5.89. The van der Waals surface area contributed by atoms with Crippen LogP contribution in [0, 0.1) is 10.1 Å². The number of anilines is 1. The molecular formula is C14H15F2N3O4. The smallest absolute Gasteiger partial charge is 0.298 e. The monoisotopic (exact) mass is 327 g/mol. The minimum atomic E-state index is -3.16. The predicted molar refractivity (Wildman–Crippen MR) is 79.3 cm³/mol. The van der Waals surface area contributed by atoms with Crippen LogP contribution in [0.4, 0.5) is 20.2 Å². The molecule has 0 unspecified atom stereocenters. The van der Waals surface area contributed by atoms with E-state index >= 15 is 0 Å². The first-order valence-electron chi connectivity index (χ1n) is 6.65. The quantitative estimate of drug-likeness (QED) is 0.515. The summed E-state index contributed by atoms with van der Waals surface area (Å²) < 4.78 is 31.8. The molecule has 23 heavy (non-hydrogen) atoms. The first-order chi connectivity index (χ1) is 10.7. The van der Waals surface area contributed by atoms with Gasteiger partial charge in [-0.15, -0.1) is 0 Å². The Kier molecular flexibility index (Phi) is 4.48. The second-order valence-electron chi connectivity index (χ2n) is 5.21. The molecule has 1 N–H and O–H groups in total. The Morgan fingerprint density at radius 3 is 2.70 bits per heavy atom. The Balaban J connectivity index is 2.60. The molecule has 1 aromatic rings. The highest BCUT2D eigenvalue weighted by Gasteiger charge is 2.35. The molecule has 1 aromatic carbocycles. The topological polar surface area (TPSA) is 84.7 Å². The molecule has 1 aliphatic rings. The van der Waals surface area contributed by atoms with Gasteiger partial charge in [0.1, 0.15) is 0 Å². The molecule has 0 aliphatic carbocycles. The average molecular weight is 327 g/mol. The minimum Gasteiger partial charge on any atom is -0.482 e. The largest absolute Gasteiger partial charge is 0.482 e. The fourth-order valence-corrected chi connectivity index (χ4v) is 2.16. The summed E-state index contributed by atoms with van der Waals surface area (Å²) in [6, 6.07) is 3.99. The van der Waals surface area contributed by atoms with Crippen molar-refractivity contribution in [2.24, 2.45) is 0 Å². The maximum Gasteiger partial charge on any atom is 0.298 e. The number of carbonyl (C=O) groups excluding carboxylic acids is 1. The van der Waals surface area contributed by atoms with Gasteiger partial charge in [-0.3, -0.25) is 14.9 Å². The summed E-state index contributed by atoms with van der Waals surface area (Å²) in [7, 11) is 3.38. The van der Waals surface area contributed by atoms with Gasteiger partial charge in [0.05, 0.1) is 17.2 Å². The van der Waals surface area contributed by atoms with Crippen molar-refractivity contribution in [3.05, 3.63) is 39.6 Å². The number of nitrogens with zero attached hydrogens (tertiary/aromatic N) is 2. The van der Waals surface area contributed by atoms with E-state index in [0.717, 1.165) is 0 Å². The molecule has 0 aromatic heterocycles. The number of nitro groups is 1. The molecule has 0 bridgehead atoms. The number of hydrogen-bond acceptors (Lipinski definition) is 6. The van der Waals surface area contributed by atoms with Crippen LogP contribution in [0.15, 0.2) is 24.0 Å². The van der Waals surface area contributed by atoms with Crippen LogP contribution in [0.2, 0.25) is 0 Å². The van der Waals surface area contributed by atoms with E-state index in [-0.39, 0.29) is 22.7 Å². The van der Waals surface area contributed by atoms with Crippen molar-refractivity contribution in [3.63, 3.8) is 0 Å². The van der Waals surface area contributed by atoms with E-state index in [1.807, 2.05) is 0 Å². The zero-order chi connectivity index (χ0) is 17.2. The van der Waals surface area contributed by atoms with Crippen LogP contribution in [0.1, 0.15) is 5.56 Å². The average Bonchev–Trinajstić information content (AvgIpc) is 2.64. The van der Waals surface area contributed by atoms with Crippen LogP contribution in [-0.4, -0.2) is 44.4 Å². The van der Waals surface area contributed by atoms with Gasteiger partial charge in [-0.1, -0.05) is 0 Å². The SMILES string of the molecule is CN(C)c1ccc([N+](=O)[O-])cc1C1=C(C=O)OCC(F)(F)CN1. The zero-order valence-electron chi connectivity index (χ0n) is 12.5. The number of carbonyl (C=O) groups is 1. The molecule has 9 heteroatoms.